The maximum Gasteiger partial charge on any atom is 0.339 e. The highest BCUT2D eigenvalue weighted by Gasteiger charge is 2.31. The number of methoxy groups -OCH3 is 1. The Balaban J connectivity index is 1.86. The van der Waals surface area contributed by atoms with Gasteiger partial charge in [-0.15, -0.1) is 0 Å². The molecule has 6 nitrogen and oxygen atoms in total. The Labute approximate surface area is 183 Å². The lowest BCUT2D eigenvalue weighted by Crippen LogP contribution is -2.43. The lowest BCUT2D eigenvalue weighted by Gasteiger charge is -2.35. The topological polar surface area (TPSA) is 72.9 Å². The van der Waals surface area contributed by atoms with Gasteiger partial charge < -0.3 is 13.8 Å². The zero-order valence-electron chi connectivity index (χ0n) is 18.0. The molecule has 0 saturated heterocycles. The number of hydrogen-bond donors (Lipinski definition) is 0. The van der Waals surface area contributed by atoms with E-state index in [1.165, 1.54) is 7.11 Å². The molecule has 1 aliphatic carbocycles. The van der Waals surface area contributed by atoms with Gasteiger partial charge in [0.15, 0.2) is 11.5 Å². The van der Waals surface area contributed by atoms with Crippen LogP contribution in [0.5, 0.6) is 11.5 Å². The summed E-state index contributed by atoms with van der Waals surface area (Å²) in [5.74, 6) is -0.0706. The third-order valence-electron chi connectivity index (χ3n) is 5.74. The summed E-state index contributed by atoms with van der Waals surface area (Å²) in [6.07, 6.45) is 3.72. The monoisotopic (exact) mass is 449 g/mol. The van der Waals surface area contributed by atoms with Crippen molar-refractivity contribution in [3.63, 3.8) is 0 Å². The first kappa shape index (κ1) is 23.1. The molecule has 0 spiro atoms. The number of carbonyl (C=O) groups is 1. The number of nitrogens with zero attached hydrogens (tertiary/aromatic N) is 1. The van der Waals surface area contributed by atoms with Crippen LogP contribution in [0.2, 0.25) is 0 Å². The second-order valence-electron chi connectivity index (χ2n) is 7.83. The van der Waals surface area contributed by atoms with Crippen molar-refractivity contribution in [2.45, 2.75) is 57.0 Å². The molecule has 0 radical (unpaired) electrons. The Hall–Kier alpha value is -2.61. The summed E-state index contributed by atoms with van der Waals surface area (Å²) >= 11 is 0. The molecule has 2 aromatic rings. The van der Waals surface area contributed by atoms with Crippen LogP contribution in [0.1, 0.15) is 45.1 Å². The largest absolute Gasteiger partial charge is 0.493 e. The molecule has 168 valence electrons. The highest BCUT2D eigenvalue weighted by atomic mass is 32.2. The summed E-state index contributed by atoms with van der Waals surface area (Å²) in [5.41, 5.74) is 0.734. The van der Waals surface area contributed by atoms with Gasteiger partial charge in [0.05, 0.1) is 7.11 Å². The minimum Gasteiger partial charge on any atom is -0.493 e. The average Bonchev–Trinajstić information content (AvgIpc) is 2.70. The van der Waals surface area contributed by atoms with Crippen LogP contribution in [0.25, 0.3) is 0 Å². The maximum atomic E-state index is 13.2. The van der Waals surface area contributed by atoms with E-state index in [9.17, 15) is 17.6 Å². The number of amides is 1. The van der Waals surface area contributed by atoms with Crippen LogP contribution in [0, 0.1) is 11.7 Å². The van der Waals surface area contributed by atoms with Gasteiger partial charge >= 0.3 is 10.1 Å². The van der Waals surface area contributed by atoms with Gasteiger partial charge in [-0.25, -0.2) is 4.39 Å². The van der Waals surface area contributed by atoms with Crippen LogP contribution in [0.15, 0.2) is 47.4 Å². The van der Waals surface area contributed by atoms with E-state index in [-0.39, 0.29) is 34.3 Å². The smallest absolute Gasteiger partial charge is 0.339 e. The van der Waals surface area contributed by atoms with Gasteiger partial charge in [0.1, 0.15) is 10.7 Å². The predicted molar refractivity (Wildman–Crippen MR) is 115 cm³/mol. The van der Waals surface area contributed by atoms with Crippen molar-refractivity contribution >= 4 is 16.0 Å². The van der Waals surface area contributed by atoms with Crippen molar-refractivity contribution in [3.05, 3.63) is 53.8 Å². The summed E-state index contributed by atoms with van der Waals surface area (Å²) in [6.45, 7) is 4.39. The molecule has 1 amide bonds. The van der Waals surface area contributed by atoms with E-state index in [0.717, 1.165) is 55.5 Å². The number of halogens is 1. The van der Waals surface area contributed by atoms with E-state index in [2.05, 4.69) is 0 Å². The van der Waals surface area contributed by atoms with Crippen molar-refractivity contribution in [3.8, 4) is 11.5 Å². The van der Waals surface area contributed by atoms with Crippen LogP contribution >= 0.6 is 0 Å². The lowest BCUT2D eigenvalue weighted by atomic mass is 9.84. The van der Waals surface area contributed by atoms with Crippen LogP contribution < -0.4 is 8.92 Å². The van der Waals surface area contributed by atoms with Gasteiger partial charge in [-0.05, 0) is 68.1 Å². The molecular weight excluding hydrogens is 421 g/mol. The Morgan fingerprint density at radius 2 is 1.84 bits per heavy atom. The fourth-order valence-corrected chi connectivity index (χ4v) is 4.34. The molecule has 2 aromatic carbocycles. The Kier molecular flexibility index (Phi) is 7.20. The maximum absolute atomic E-state index is 13.2. The fraction of sp³-hybridized carbons (Fsp3) is 0.435. The number of rotatable bonds is 9. The van der Waals surface area contributed by atoms with Crippen molar-refractivity contribution in [2.75, 3.05) is 7.11 Å². The van der Waals surface area contributed by atoms with Crippen molar-refractivity contribution in [1.82, 2.24) is 4.90 Å². The summed E-state index contributed by atoms with van der Waals surface area (Å²) < 4.78 is 49.0. The summed E-state index contributed by atoms with van der Waals surface area (Å²) in [7, 11) is -2.77. The van der Waals surface area contributed by atoms with Crippen LogP contribution in [-0.4, -0.2) is 32.4 Å². The molecule has 0 aliphatic heterocycles. The zero-order valence-corrected chi connectivity index (χ0v) is 18.8. The van der Waals surface area contributed by atoms with E-state index < -0.39 is 15.9 Å². The minimum absolute atomic E-state index is 0.0181. The van der Waals surface area contributed by atoms with Gasteiger partial charge in [0.25, 0.3) is 0 Å². The molecule has 0 bridgehead atoms. The summed E-state index contributed by atoms with van der Waals surface area (Å²) in [6, 6.07) is 9.44. The molecule has 0 heterocycles. The van der Waals surface area contributed by atoms with E-state index in [1.807, 2.05) is 18.7 Å². The molecule has 1 aliphatic rings. The first-order valence-electron chi connectivity index (χ1n) is 10.4. The van der Waals surface area contributed by atoms with Crippen LogP contribution in [0.4, 0.5) is 4.39 Å². The minimum atomic E-state index is -4.18. The van der Waals surface area contributed by atoms with E-state index in [1.54, 1.807) is 18.2 Å². The predicted octanol–water partition coefficient (Wildman–Crippen LogP) is 4.53. The molecule has 1 saturated carbocycles. The standard InChI is InChI=1S/C23H28FNO5S/c1-4-16(2)25(23(26)18-6-5-7-18)15-17-8-13-21(29-3)22(14-17)30-31(27,28)20-11-9-19(24)10-12-20/h8-14,16,18H,4-7,15H2,1-3H3/t16-/m0/s1. The summed E-state index contributed by atoms with van der Waals surface area (Å²) in [5, 5.41) is 0. The first-order chi connectivity index (χ1) is 14.7. The fourth-order valence-electron chi connectivity index (χ4n) is 3.41. The van der Waals surface area contributed by atoms with Gasteiger partial charge in [-0.3, -0.25) is 4.79 Å². The highest BCUT2D eigenvalue weighted by Crippen LogP contribution is 2.33. The SMILES string of the molecule is CC[C@H](C)N(Cc1ccc(OC)c(OS(=O)(=O)c2ccc(F)cc2)c1)C(=O)C1CCC1. The van der Waals surface area contributed by atoms with Crippen molar-refractivity contribution < 1.29 is 26.5 Å². The molecule has 1 fully saturated rings. The Bertz CT molecular complexity index is 1020. The lowest BCUT2D eigenvalue weighted by molar-refractivity contribution is -0.141. The molecule has 8 heteroatoms. The third-order valence-corrected chi connectivity index (χ3v) is 6.99. The van der Waals surface area contributed by atoms with Gasteiger partial charge in [0.2, 0.25) is 5.91 Å². The quantitative estimate of drug-likeness (QED) is 0.526. The summed E-state index contributed by atoms with van der Waals surface area (Å²) in [4.78, 5) is 14.6. The molecule has 3 rings (SSSR count). The number of hydrogen-bond acceptors (Lipinski definition) is 5. The van der Waals surface area contributed by atoms with Gasteiger partial charge in [-0.1, -0.05) is 19.4 Å². The van der Waals surface area contributed by atoms with E-state index in [0.29, 0.717) is 6.54 Å². The number of carbonyl (C=O) groups excluding carboxylic acids is 1. The Morgan fingerprint density at radius 1 is 1.16 bits per heavy atom. The molecule has 0 aromatic heterocycles. The van der Waals surface area contributed by atoms with Gasteiger partial charge in [-0.2, -0.15) is 8.42 Å². The second-order valence-corrected chi connectivity index (χ2v) is 9.37. The van der Waals surface area contributed by atoms with Crippen molar-refractivity contribution in [2.24, 2.45) is 5.92 Å². The normalized spacial score (nSPS) is 15.1. The Morgan fingerprint density at radius 3 is 2.39 bits per heavy atom. The second kappa shape index (κ2) is 9.68. The third kappa shape index (κ3) is 5.36. The number of ether oxygens (including phenoxy) is 1. The van der Waals surface area contributed by atoms with Gasteiger partial charge in [0, 0.05) is 18.5 Å². The first-order valence-corrected chi connectivity index (χ1v) is 11.8. The molecule has 0 unspecified atom stereocenters. The van der Waals surface area contributed by atoms with E-state index >= 15 is 0 Å². The molecule has 31 heavy (non-hydrogen) atoms. The van der Waals surface area contributed by atoms with E-state index in [4.69, 9.17) is 8.92 Å². The zero-order chi connectivity index (χ0) is 22.6. The highest BCUT2D eigenvalue weighted by molar-refractivity contribution is 7.87. The number of benzene rings is 2. The van der Waals surface area contributed by atoms with Crippen LogP contribution in [-0.2, 0) is 21.5 Å². The molecule has 0 N–H and O–H groups in total. The molecule has 1 atom stereocenters. The van der Waals surface area contributed by atoms with Crippen molar-refractivity contribution in [1.29, 1.82) is 0 Å². The molecular formula is C23H28FNO5S. The van der Waals surface area contributed by atoms with Crippen LogP contribution in [0.3, 0.4) is 0 Å². The average molecular weight is 450 g/mol.